The van der Waals surface area contributed by atoms with E-state index in [0.717, 1.165) is 0 Å². The Morgan fingerprint density at radius 1 is 1.48 bits per heavy atom. The van der Waals surface area contributed by atoms with E-state index in [-0.39, 0.29) is 18.1 Å². The molecule has 0 saturated carbocycles. The summed E-state index contributed by atoms with van der Waals surface area (Å²) in [5.74, 6) is -0.232. The summed E-state index contributed by atoms with van der Waals surface area (Å²) >= 11 is 12.5. The van der Waals surface area contributed by atoms with Crippen LogP contribution in [0.4, 0.5) is 0 Å². The van der Waals surface area contributed by atoms with E-state index in [1.807, 2.05) is 0 Å². The molecule has 3 rings (SSSR count). The largest absolute Gasteiger partial charge is 0.420 e. The minimum absolute atomic E-state index is 0.00323. The molecule has 0 spiro atoms. The molecule has 2 aromatic rings. The van der Waals surface area contributed by atoms with Crippen LogP contribution in [0.5, 0.6) is 5.88 Å². The summed E-state index contributed by atoms with van der Waals surface area (Å²) in [4.78, 5) is 0. The van der Waals surface area contributed by atoms with Gasteiger partial charge in [-0.2, -0.15) is 5.26 Å². The first-order chi connectivity index (χ1) is 11.1. The smallest absolute Gasteiger partial charge is 0.244 e. The van der Waals surface area contributed by atoms with E-state index in [1.165, 1.54) is 0 Å². The topological polar surface area (TPSA) is 97.0 Å². The number of nitrogens with two attached hydrogens (primary N) is 1. The van der Waals surface area contributed by atoms with Gasteiger partial charge in [-0.25, -0.2) is 0 Å². The molecule has 0 radical (unpaired) electrons. The number of allylic oxidation sites excluding steroid dienone is 1. The van der Waals surface area contributed by atoms with Crippen LogP contribution in [0.1, 0.15) is 22.7 Å². The lowest BCUT2D eigenvalue weighted by molar-refractivity contribution is 0.180. The highest BCUT2D eigenvalue weighted by molar-refractivity contribution is 6.42. The van der Waals surface area contributed by atoms with Gasteiger partial charge in [0, 0.05) is 7.11 Å². The van der Waals surface area contributed by atoms with Gasteiger partial charge in [0.05, 0.1) is 33.8 Å². The van der Waals surface area contributed by atoms with Crippen LogP contribution >= 0.6 is 23.2 Å². The van der Waals surface area contributed by atoms with Crippen molar-refractivity contribution in [2.75, 3.05) is 7.11 Å². The van der Waals surface area contributed by atoms with Crippen LogP contribution in [0, 0.1) is 11.3 Å². The van der Waals surface area contributed by atoms with Crippen molar-refractivity contribution in [3.05, 3.63) is 56.5 Å². The molecular formula is C15H12Cl2N4O2. The normalized spacial score (nSPS) is 16.7. The Bertz CT molecular complexity index is 838. The number of H-pyrrole nitrogens is 1. The number of aromatic nitrogens is 2. The van der Waals surface area contributed by atoms with E-state index in [2.05, 4.69) is 16.3 Å². The predicted octanol–water partition coefficient (Wildman–Crippen LogP) is 3.08. The van der Waals surface area contributed by atoms with Gasteiger partial charge >= 0.3 is 0 Å². The van der Waals surface area contributed by atoms with Crippen LogP contribution in [0.15, 0.2) is 29.7 Å². The third kappa shape index (κ3) is 2.53. The van der Waals surface area contributed by atoms with Crippen molar-refractivity contribution >= 4 is 23.2 Å². The quantitative estimate of drug-likeness (QED) is 0.886. The number of nitriles is 1. The summed E-state index contributed by atoms with van der Waals surface area (Å²) in [6, 6.07) is 7.33. The number of nitrogens with one attached hydrogen (secondary N) is 1. The second kappa shape index (κ2) is 6.13. The molecule has 0 aliphatic carbocycles. The zero-order valence-corrected chi connectivity index (χ0v) is 13.6. The zero-order chi connectivity index (χ0) is 16.6. The highest BCUT2D eigenvalue weighted by Crippen LogP contribution is 2.46. The van der Waals surface area contributed by atoms with Crippen molar-refractivity contribution in [2.45, 2.75) is 12.5 Å². The second-order valence-corrected chi connectivity index (χ2v) is 5.71. The van der Waals surface area contributed by atoms with Crippen LogP contribution in [0.25, 0.3) is 0 Å². The number of nitrogens with zero attached hydrogens (tertiary/aromatic N) is 2. The van der Waals surface area contributed by atoms with Crippen molar-refractivity contribution in [3.63, 3.8) is 0 Å². The van der Waals surface area contributed by atoms with Crippen molar-refractivity contribution < 1.29 is 9.47 Å². The molecule has 1 unspecified atom stereocenters. The molecule has 8 heteroatoms. The van der Waals surface area contributed by atoms with E-state index in [9.17, 15) is 5.26 Å². The third-order valence-corrected chi connectivity index (χ3v) is 4.43. The Morgan fingerprint density at radius 2 is 2.26 bits per heavy atom. The van der Waals surface area contributed by atoms with Crippen LogP contribution < -0.4 is 10.5 Å². The maximum absolute atomic E-state index is 9.53. The summed E-state index contributed by atoms with van der Waals surface area (Å²) in [5, 5.41) is 17.2. The lowest BCUT2D eigenvalue weighted by Gasteiger charge is -2.24. The van der Waals surface area contributed by atoms with E-state index >= 15 is 0 Å². The summed E-state index contributed by atoms with van der Waals surface area (Å²) in [6.07, 6.45) is 0. The molecule has 1 aliphatic heterocycles. The summed E-state index contributed by atoms with van der Waals surface area (Å²) in [6.45, 7) is 0.277. The Kier molecular flexibility index (Phi) is 4.18. The number of hydrogen-bond acceptors (Lipinski definition) is 5. The van der Waals surface area contributed by atoms with E-state index < -0.39 is 5.92 Å². The Hall–Kier alpha value is -2.20. The van der Waals surface area contributed by atoms with Crippen molar-refractivity contribution in [2.24, 2.45) is 5.73 Å². The average Bonchev–Trinajstić information content (AvgIpc) is 2.92. The SMILES string of the molecule is COCc1[nH]nc2c1C(c1cccc(Cl)c1Cl)C(C#N)=C(N)O2. The fourth-order valence-electron chi connectivity index (χ4n) is 2.62. The molecule has 0 bridgehead atoms. The minimum Gasteiger partial charge on any atom is -0.420 e. The molecule has 3 N–H and O–H groups in total. The number of methoxy groups -OCH3 is 1. The third-order valence-electron chi connectivity index (χ3n) is 3.60. The first-order valence-electron chi connectivity index (χ1n) is 6.66. The maximum Gasteiger partial charge on any atom is 0.244 e. The second-order valence-electron chi connectivity index (χ2n) is 4.92. The predicted molar refractivity (Wildman–Crippen MR) is 85.1 cm³/mol. The van der Waals surface area contributed by atoms with Gasteiger partial charge < -0.3 is 15.2 Å². The van der Waals surface area contributed by atoms with Crippen LogP contribution in [-0.4, -0.2) is 17.3 Å². The van der Waals surface area contributed by atoms with Gasteiger partial charge in [-0.15, -0.1) is 5.10 Å². The molecule has 1 atom stereocenters. The lowest BCUT2D eigenvalue weighted by Crippen LogP contribution is -2.21. The molecule has 6 nitrogen and oxygen atoms in total. The molecule has 118 valence electrons. The van der Waals surface area contributed by atoms with Crippen LogP contribution in [0.2, 0.25) is 10.0 Å². The maximum atomic E-state index is 9.53. The number of hydrogen-bond donors (Lipinski definition) is 2. The average molecular weight is 351 g/mol. The van der Waals surface area contributed by atoms with Crippen LogP contribution in [-0.2, 0) is 11.3 Å². The first-order valence-corrected chi connectivity index (χ1v) is 7.41. The number of halogens is 2. The van der Waals surface area contributed by atoms with E-state index in [4.69, 9.17) is 38.4 Å². The number of fused-ring (bicyclic) bond motifs is 1. The highest BCUT2D eigenvalue weighted by Gasteiger charge is 2.36. The van der Waals surface area contributed by atoms with Gasteiger partial charge in [-0.05, 0) is 11.6 Å². The molecule has 1 aromatic carbocycles. The van der Waals surface area contributed by atoms with Gasteiger partial charge in [-0.3, -0.25) is 5.10 Å². The van der Waals surface area contributed by atoms with Crippen molar-refractivity contribution in [1.82, 2.24) is 10.2 Å². The summed E-state index contributed by atoms with van der Waals surface area (Å²) < 4.78 is 10.6. The Balaban J connectivity index is 2.26. The number of rotatable bonds is 3. The highest BCUT2D eigenvalue weighted by atomic mass is 35.5. The molecule has 1 aromatic heterocycles. The molecule has 23 heavy (non-hydrogen) atoms. The lowest BCUT2D eigenvalue weighted by atomic mass is 9.84. The zero-order valence-electron chi connectivity index (χ0n) is 12.1. The van der Waals surface area contributed by atoms with Crippen LogP contribution in [0.3, 0.4) is 0 Å². The Labute approximate surface area is 142 Å². The number of benzene rings is 1. The van der Waals surface area contributed by atoms with Gasteiger partial charge in [0.15, 0.2) is 0 Å². The standard InChI is InChI=1S/C15H12Cl2N4O2/c1-22-6-10-12-11(7-3-2-4-9(16)13(7)17)8(5-18)14(19)23-15(12)21-20-10/h2-4,11H,6,19H2,1H3,(H,20,21). The van der Waals surface area contributed by atoms with E-state index in [0.29, 0.717) is 32.7 Å². The molecule has 2 heterocycles. The van der Waals surface area contributed by atoms with Gasteiger partial charge in [-0.1, -0.05) is 35.3 Å². The monoisotopic (exact) mass is 350 g/mol. The van der Waals surface area contributed by atoms with Crippen molar-refractivity contribution in [1.29, 1.82) is 5.26 Å². The summed E-state index contributed by atoms with van der Waals surface area (Å²) in [7, 11) is 1.56. The molecule has 1 aliphatic rings. The van der Waals surface area contributed by atoms with Gasteiger partial charge in [0.25, 0.3) is 0 Å². The fourth-order valence-corrected chi connectivity index (χ4v) is 3.03. The number of aromatic amines is 1. The molecule has 0 amide bonds. The van der Waals surface area contributed by atoms with Gasteiger partial charge in [0.2, 0.25) is 11.8 Å². The number of ether oxygens (including phenoxy) is 2. The Morgan fingerprint density at radius 3 is 2.96 bits per heavy atom. The van der Waals surface area contributed by atoms with Gasteiger partial charge in [0.1, 0.15) is 11.6 Å². The molecule has 0 saturated heterocycles. The minimum atomic E-state index is -0.529. The fraction of sp³-hybridized carbons (Fsp3) is 0.200. The van der Waals surface area contributed by atoms with E-state index in [1.54, 1.807) is 25.3 Å². The molecular weight excluding hydrogens is 339 g/mol. The molecule has 0 fully saturated rings. The van der Waals surface area contributed by atoms with Crippen molar-refractivity contribution in [3.8, 4) is 11.9 Å². The summed E-state index contributed by atoms with van der Waals surface area (Å²) in [5.41, 5.74) is 8.13. The first kappa shape index (κ1) is 15.7.